The van der Waals surface area contributed by atoms with Crippen molar-refractivity contribution in [3.8, 4) is 0 Å². The molecule has 0 aliphatic carbocycles. The molecule has 11 nitrogen and oxygen atoms in total. The Bertz CT molecular complexity index is 659. The molecule has 5 amide bonds. The summed E-state index contributed by atoms with van der Waals surface area (Å²) in [7, 11) is 4.10. The fourth-order valence-corrected chi connectivity index (χ4v) is 3.17. The second-order valence-electron chi connectivity index (χ2n) is 6.19. The molecule has 0 aromatic rings. The first-order chi connectivity index (χ1) is 11.7. The second kappa shape index (κ2) is 5.60. The van der Waals surface area contributed by atoms with Crippen molar-refractivity contribution in [2.45, 2.75) is 12.6 Å². The van der Waals surface area contributed by atoms with Gasteiger partial charge in [-0.05, 0) is 5.16 Å². The van der Waals surface area contributed by atoms with Gasteiger partial charge in [0.1, 0.15) is 0 Å². The zero-order chi connectivity index (χ0) is 18.5. The van der Waals surface area contributed by atoms with Crippen LogP contribution in [0.5, 0.6) is 0 Å². The molecule has 0 aromatic carbocycles. The third-order valence-corrected chi connectivity index (χ3v) is 4.80. The SMILES string of the molecule is CC(=O)N1CCN(C2=NOC3(C(=O)N(C)C(=O)N(C)C3=O)N2C)CC1. The first-order valence-corrected chi connectivity index (χ1v) is 7.82. The van der Waals surface area contributed by atoms with Gasteiger partial charge in [-0.25, -0.2) is 4.79 Å². The van der Waals surface area contributed by atoms with Crippen LogP contribution in [0.4, 0.5) is 4.79 Å². The van der Waals surface area contributed by atoms with Crippen molar-refractivity contribution in [2.24, 2.45) is 5.16 Å². The number of imide groups is 2. The standard InChI is InChI=1S/C14H20N6O5/c1-9(21)19-5-7-20(8-6-19)12-15-25-14(18(12)4)10(22)16(2)13(24)17(3)11(14)23/h5-8H2,1-4H3. The smallest absolute Gasteiger partial charge is 0.342 e. The monoisotopic (exact) mass is 352 g/mol. The van der Waals surface area contributed by atoms with E-state index in [9.17, 15) is 19.2 Å². The minimum Gasteiger partial charge on any atom is -0.342 e. The molecule has 2 saturated heterocycles. The highest BCUT2D eigenvalue weighted by molar-refractivity contribution is 6.22. The van der Waals surface area contributed by atoms with Gasteiger partial charge in [-0.15, -0.1) is 0 Å². The van der Waals surface area contributed by atoms with E-state index in [1.165, 1.54) is 33.0 Å². The number of oxime groups is 1. The molecule has 0 N–H and O–H groups in total. The van der Waals surface area contributed by atoms with Crippen molar-refractivity contribution in [3.63, 3.8) is 0 Å². The number of hydrogen-bond donors (Lipinski definition) is 0. The summed E-state index contributed by atoms with van der Waals surface area (Å²) in [5, 5.41) is 3.94. The second-order valence-corrected chi connectivity index (χ2v) is 6.19. The van der Waals surface area contributed by atoms with Crippen molar-refractivity contribution in [1.82, 2.24) is 24.5 Å². The van der Waals surface area contributed by atoms with Crippen LogP contribution >= 0.6 is 0 Å². The molecule has 0 saturated carbocycles. The van der Waals surface area contributed by atoms with Gasteiger partial charge in [-0.1, -0.05) is 0 Å². The summed E-state index contributed by atoms with van der Waals surface area (Å²) in [5.74, 6) is -1.26. The molecule has 0 atom stereocenters. The maximum atomic E-state index is 12.6. The Hall–Kier alpha value is -2.85. The van der Waals surface area contributed by atoms with Crippen LogP contribution in [0.1, 0.15) is 6.92 Å². The van der Waals surface area contributed by atoms with Gasteiger partial charge < -0.3 is 14.6 Å². The van der Waals surface area contributed by atoms with Crippen LogP contribution in [0.15, 0.2) is 5.16 Å². The summed E-state index contributed by atoms with van der Waals surface area (Å²) in [4.78, 5) is 60.5. The van der Waals surface area contributed by atoms with E-state index in [2.05, 4.69) is 5.16 Å². The van der Waals surface area contributed by atoms with Crippen molar-refractivity contribution in [1.29, 1.82) is 0 Å². The zero-order valence-electron chi connectivity index (χ0n) is 14.6. The minimum atomic E-state index is -2.01. The maximum Gasteiger partial charge on any atom is 0.370 e. The van der Waals surface area contributed by atoms with Gasteiger partial charge in [0.05, 0.1) is 0 Å². The van der Waals surface area contributed by atoms with Crippen LogP contribution in [0, 0.1) is 0 Å². The fourth-order valence-electron chi connectivity index (χ4n) is 3.17. The molecule has 1 spiro atoms. The Balaban J connectivity index is 1.82. The lowest BCUT2D eigenvalue weighted by atomic mass is 10.1. The molecular weight excluding hydrogens is 332 g/mol. The van der Waals surface area contributed by atoms with Gasteiger partial charge in [0, 0.05) is 54.2 Å². The van der Waals surface area contributed by atoms with E-state index >= 15 is 0 Å². The molecule has 2 fully saturated rings. The molecule has 0 bridgehead atoms. The number of hydrogen-bond acceptors (Lipinski definition) is 8. The molecule has 0 aromatic heterocycles. The summed E-state index contributed by atoms with van der Waals surface area (Å²) in [6, 6.07) is -0.721. The zero-order valence-corrected chi connectivity index (χ0v) is 14.6. The highest BCUT2D eigenvalue weighted by Gasteiger charge is 2.65. The number of rotatable bonds is 0. The number of carbonyl (C=O) groups excluding carboxylic acids is 4. The van der Waals surface area contributed by atoms with Gasteiger partial charge >= 0.3 is 23.6 Å². The molecule has 136 valence electrons. The molecule has 0 unspecified atom stereocenters. The lowest BCUT2D eigenvalue weighted by molar-refractivity contribution is -0.186. The summed E-state index contributed by atoms with van der Waals surface area (Å²) >= 11 is 0. The summed E-state index contributed by atoms with van der Waals surface area (Å²) < 4.78 is 0. The van der Waals surface area contributed by atoms with E-state index in [-0.39, 0.29) is 5.91 Å². The summed E-state index contributed by atoms with van der Waals surface area (Å²) in [6.07, 6.45) is 0. The fraction of sp³-hybridized carbons (Fsp3) is 0.643. The number of guanidine groups is 1. The van der Waals surface area contributed by atoms with E-state index in [4.69, 9.17) is 4.84 Å². The highest BCUT2D eigenvalue weighted by atomic mass is 16.7. The summed E-state index contributed by atoms with van der Waals surface area (Å²) in [6.45, 7) is 3.52. The lowest BCUT2D eigenvalue weighted by Gasteiger charge is -2.42. The van der Waals surface area contributed by atoms with Crippen molar-refractivity contribution >= 4 is 29.7 Å². The highest BCUT2D eigenvalue weighted by Crippen LogP contribution is 2.32. The predicted octanol–water partition coefficient (Wildman–Crippen LogP) is -1.87. The van der Waals surface area contributed by atoms with E-state index < -0.39 is 23.6 Å². The third kappa shape index (κ3) is 2.22. The van der Waals surface area contributed by atoms with Crippen LogP contribution in [-0.2, 0) is 19.2 Å². The topological polar surface area (TPSA) is 106 Å². The normalized spacial score (nSPS) is 23.4. The molecule has 3 rings (SSSR count). The predicted molar refractivity (Wildman–Crippen MR) is 83.8 cm³/mol. The molecule has 0 radical (unpaired) electrons. The molecule has 3 aliphatic rings. The quantitative estimate of drug-likeness (QED) is 0.470. The Labute approximate surface area is 144 Å². The van der Waals surface area contributed by atoms with Gasteiger partial charge in [0.2, 0.25) is 11.9 Å². The molecule has 3 heterocycles. The maximum absolute atomic E-state index is 12.6. The van der Waals surface area contributed by atoms with Crippen LogP contribution in [0.3, 0.4) is 0 Å². The Morgan fingerprint density at radius 3 is 2.00 bits per heavy atom. The third-order valence-electron chi connectivity index (χ3n) is 4.80. The van der Waals surface area contributed by atoms with Crippen LogP contribution in [-0.4, -0.2) is 107 Å². The average Bonchev–Trinajstić information content (AvgIpc) is 2.95. The van der Waals surface area contributed by atoms with Gasteiger partial charge in [0.25, 0.3) is 0 Å². The summed E-state index contributed by atoms with van der Waals surface area (Å²) in [5.41, 5.74) is -2.01. The van der Waals surface area contributed by atoms with E-state index in [1.807, 2.05) is 4.90 Å². The Morgan fingerprint density at radius 2 is 1.52 bits per heavy atom. The first-order valence-electron chi connectivity index (χ1n) is 7.82. The van der Waals surface area contributed by atoms with Crippen LogP contribution in [0.2, 0.25) is 0 Å². The molecule has 25 heavy (non-hydrogen) atoms. The minimum absolute atomic E-state index is 0.00603. The number of urea groups is 1. The Morgan fingerprint density at radius 1 is 1.00 bits per heavy atom. The number of carbonyl (C=O) groups is 4. The van der Waals surface area contributed by atoms with Crippen molar-refractivity contribution in [3.05, 3.63) is 0 Å². The molecule has 11 heteroatoms. The number of likely N-dealkylation sites (N-methyl/N-ethyl adjacent to an activating group) is 3. The Kier molecular flexibility index (Phi) is 3.81. The van der Waals surface area contributed by atoms with Gasteiger partial charge in [0.15, 0.2) is 0 Å². The number of barbiturate groups is 1. The lowest BCUT2D eigenvalue weighted by Crippen LogP contribution is -2.73. The number of amides is 5. The molecular formula is C14H20N6O5. The van der Waals surface area contributed by atoms with Crippen molar-refractivity contribution < 1.29 is 24.0 Å². The van der Waals surface area contributed by atoms with Crippen molar-refractivity contribution in [2.75, 3.05) is 47.3 Å². The van der Waals surface area contributed by atoms with E-state index in [1.54, 1.807) is 4.90 Å². The van der Waals surface area contributed by atoms with Crippen LogP contribution in [0.25, 0.3) is 0 Å². The van der Waals surface area contributed by atoms with Gasteiger partial charge in [-0.2, -0.15) is 0 Å². The molecule has 3 aliphatic heterocycles. The number of nitrogens with zero attached hydrogens (tertiary/aromatic N) is 6. The average molecular weight is 352 g/mol. The van der Waals surface area contributed by atoms with E-state index in [0.29, 0.717) is 32.1 Å². The van der Waals surface area contributed by atoms with Crippen LogP contribution < -0.4 is 0 Å². The largest absolute Gasteiger partial charge is 0.370 e. The van der Waals surface area contributed by atoms with E-state index in [0.717, 1.165) is 9.80 Å². The van der Waals surface area contributed by atoms with Gasteiger partial charge in [-0.3, -0.25) is 29.1 Å². The first kappa shape index (κ1) is 17.0. The number of piperazine rings is 1.